The lowest BCUT2D eigenvalue weighted by molar-refractivity contribution is 0.203. The second-order valence-electron chi connectivity index (χ2n) is 7.47. The maximum Gasteiger partial charge on any atom is 0.256 e. The molecule has 174 valence electrons. The summed E-state index contributed by atoms with van der Waals surface area (Å²) in [6.07, 6.45) is 0. The number of hydrogen-bond acceptors (Lipinski definition) is 7. The van der Waals surface area contributed by atoms with E-state index in [1.165, 1.54) is 12.1 Å². The van der Waals surface area contributed by atoms with Crippen LogP contribution in [0.4, 0.5) is 14.7 Å². The van der Waals surface area contributed by atoms with E-state index in [-0.39, 0.29) is 23.0 Å². The number of aromatic nitrogens is 3. The molecule has 2 heterocycles. The van der Waals surface area contributed by atoms with Gasteiger partial charge in [0.25, 0.3) is 5.56 Å². The summed E-state index contributed by atoms with van der Waals surface area (Å²) in [5.74, 6) is -1.98. The minimum absolute atomic E-state index is 0.00775. The van der Waals surface area contributed by atoms with Crippen LogP contribution >= 0.6 is 0 Å². The Morgan fingerprint density at radius 1 is 1.06 bits per heavy atom. The van der Waals surface area contributed by atoms with Crippen molar-refractivity contribution in [3.8, 4) is 16.9 Å². The summed E-state index contributed by atoms with van der Waals surface area (Å²) in [4.78, 5) is 21.6. The number of benzene rings is 2. The normalized spacial score (nSPS) is 11.2. The summed E-state index contributed by atoms with van der Waals surface area (Å²) in [5, 5.41) is 31.9. The lowest BCUT2D eigenvalue weighted by atomic mass is 10.0. The van der Waals surface area contributed by atoms with Crippen LogP contribution in [-0.2, 0) is 0 Å². The van der Waals surface area contributed by atoms with Gasteiger partial charge in [0.2, 0.25) is 5.95 Å². The molecule has 2 aromatic carbocycles. The van der Waals surface area contributed by atoms with E-state index in [4.69, 9.17) is 0 Å². The van der Waals surface area contributed by atoms with Crippen molar-refractivity contribution in [1.29, 1.82) is 0 Å². The molecule has 0 aliphatic carbocycles. The van der Waals surface area contributed by atoms with Gasteiger partial charge in [0, 0.05) is 28.6 Å². The van der Waals surface area contributed by atoms with E-state index >= 15 is 0 Å². The van der Waals surface area contributed by atoms with E-state index in [1.807, 2.05) is 0 Å². The molecule has 0 spiro atoms. The van der Waals surface area contributed by atoms with Gasteiger partial charge in [-0.05, 0) is 24.3 Å². The van der Waals surface area contributed by atoms with Crippen LogP contribution in [-0.4, -0.2) is 49.1 Å². The molecule has 0 unspecified atom stereocenters. The highest BCUT2D eigenvalue weighted by Gasteiger charge is 2.19. The number of nitrogens with zero attached hydrogens (tertiary/aromatic N) is 3. The monoisotopic (exact) mass is 466 g/mol. The predicted octanol–water partition coefficient (Wildman–Crippen LogP) is 3.02. The second kappa shape index (κ2) is 9.38. The first-order chi connectivity index (χ1) is 16.3. The maximum atomic E-state index is 14.7. The third-order valence-electron chi connectivity index (χ3n) is 5.14. The Kier molecular flexibility index (Phi) is 6.35. The van der Waals surface area contributed by atoms with Crippen molar-refractivity contribution in [2.75, 3.05) is 18.5 Å². The van der Waals surface area contributed by atoms with Crippen molar-refractivity contribution in [3.05, 3.63) is 88.7 Å². The molecule has 0 amide bonds. The van der Waals surface area contributed by atoms with Gasteiger partial charge in [-0.15, -0.1) is 0 Å². The molecule has 4 rings (SSSR count). The largest absolute Gasteiger partial charge is 0.508 e. The Hall–Kier alpha value is -4.15. The second-order valence-corrected chi connectivity index (χ2v) is 7.47. The topological polar surface area (TPSA) is 121 Å². The summed E-state index contributed by atoms with van der Waals surface area (Å²) >= 11 is 0. The number of hydrogen-bond donors (Lipinski definition) is 4. The third-order valence-corrected chi connectivity index (χ3v) is 5.14. The van der Waals surface area contributed by atoms with Crippen molar-refractivity contribution < 1.29 is 24.1 Å². The van der Waals surface area contributed by atoms with Crippen LogP contribution in [0.5, 0.6) is 0 Å². The van der Waals surface area contributed by atoms with Crippen molar-refractivity contribution in [2.24, 2.45) is 0 Å². The average Bonchev–Trinajstić information content (AvgIpc) is 2.82. The Balaban J connectivity index is 2.06. The Labute approximate surface area is 192 Å². The zero-order chi connectivity index (χ0) is 24.4. The molecule has 0 bridgehead atoms. The average molecular weight is 466 g/mol. The minimum Gasteiger partial charge on any atom is -0.508 e. The van der Waals surface area contributed by atoms with Crippen LogP contribution in [0.3, 0.4) is 0 Å². The SMILES string of the molecule is C=C(O)c1cccc(-c2nc(NC(CO)CO)nc3c2ccc(=O)n3-c2ccc(F)cc2F)c1. The van der Waals surface area contributed by atoms with E-state index in [9.17, 15) is 28.9 Å². The van der Waals surface area contributed by atoms with E-state index in [2.05, 4.69) is 21.9 Å². The lowest BCUT2D eigenvalue weighted by Gasteiger charge is -2.17. The van der Waals surface area contributed by atoms with Gasteiger partial charge in [-0.3, -0.25) is 9.36 Å². The van der Waals surface area contributed by atoms with Crippen molar-refractivity contribution in [1.82, 2.24) is 14.5 Å². The molecule has 0 atom stereocenters. The third kappa shape index (κ3) is 4.36. The highest BCUT2D eigenvalue weighted by molar-refractivity contribution is 5.92. The van der Waals surface area contributed by atoms with Gasteiger partial charge in [-0.1, -0.05) is 24.8 Å². The number of anilines is 1. The minimum atomic E-state index is -0.966. The highest BCUT2D eigenvalue weighted by Crippen LogP contribution is 2.30. The molecule has 34 heavy (non-hydrogen) atoms. The van der Waals surface area contributed by atoms with Crippen LogP contribution in [0.1, 0.15) is 5.56 Å². The molecular weight excluding hydrogens is 446 g/mol. The first kappa shape index (κ1) is 23.0. The van der Waals surface area contributed by atoms with Gasteiger partial charge in [0.05, 0.1) is 30.6 Å². The molecule has 0 aliphatic rings. The Morgan fingerprint density at radius 2 is 1.82 bits per heavy atom. The number of aliphatic hydroxyl groups is 3. The number of nitrogens with one attached hydrogen (secondary N) is 1. The molecule has 0 radical (unpaired) electrons. The fourth-order valence-electron chi connectivity index (χ4n) is 3.47. The first-order valence-corrected chi connectivity index (χ1v) is 10.2. The van der Waals surface area contributed by atoms with Crippen LogP contribution in [0, 0.1) is 11.6 Å². The first-order valence-electron chi connectivity index (χ1n) is 10.2. The molecular formula is C24H20F2N4O4. The smallest absolute Gasteiger partial charge is 0.256 e. The fourth-order valence-corrected chi connectivity index (χ4v) is 3.47. The van der Waals surface area contributed by atoms with Gasteiger partial charge in [-0.2, -0.15) is 4.98 Å². The number of fused-ring (bicyclic) bond motifs is 1. The Bertz CT molecular complexity index is 1450. The number of aliphatic hydroxyl groups excluding tert-OH is 3. The summed E-state index contributed by atoms with van der Waals surface area (Å²) in [5.41, 5.74) is 0.450. The quantitative estimate of drug-likeness (QED) is 0.309. The molecule has 2 aromatic heterocycles. The molecule has 0 fully saturated rings. The Morgan fingerprint density at radius 3 is 2.50 bits per heavy atom. The van der Waals surface area contributed by atoms with Crippen LogP contribution < -0.4 is 10.9 Å². The van der Waals surface area contributed by atoms with Gasteiger partial charge in [0.15, 0.2) is 5.65 Å². The zero-order valence-corrected chi connectivity index (χ0v) is 17.7. The van der Waals surface area contributed by atoms with E-state index in [0.717, 1.165) is 16.7 Å². The summed E-state index contributed by atoms with van der Waals surface area (Å²) in [6.45, 7) is 2.66. The number of halogens is 2. The summed E-state index contributed by atoms with van der Waals surface area (Å²) in [6, 6.07) is 11.3. The van der Waals surface area contributed by atoms with E-state index in [1.54, 1.807) is 24.3 Å². The van der Waals surface area contributed by atoms with Gasteiger partial charge >= 0.3 is 0 Å². The van der Waals surface area contributed by atoms with Crippen LogP contribution in [0.25, 0.3) is 33.7 Å². The summed E-state index contributed by atoms with van der Waals surface area (Å²) in [7, 11) is 0. The molecule has 10 heteroatoms. The maximum absolute atomic E-state index is 14.7. The molecule has 4 N–H and O–H groups in total. The molecule has 0 aliphatic heterocycles. The number of rotatable bonds is 7. The molecule has 4 aromatic rings. The van der Waals surface area contributed by atoms with E-state index < -0.39 is 36.4 Å². The summed E-state index contributed by atoms with van der Waals surface area (Å²) < 4.78 is 29.2. The lowest BCUT2D eigenvalue weighted by Crippen LogP contribution is -2.29. The standard InChI is InChI=1S/C24H20F2N4O4/c1-13(33)14-3-2-4-15(9-14)22-18-6-8-21(34)30(20-7-5-16(25)10-19(20)26)23(18)29-24(28-22)27-17(11-31)12-32/h2-10,17,31-33H,1,11-12H2,(H,27,28,29). The molecule has 8 nitrogen and oxygen atoms in total. The van der Waals surface area contributed by atoms with Gasteiger partial charge in [-0.25, -0.2) is 13.8 Å². The van der Waals surface area contributed by atoms with Crippen LogP contribution in [0.15, 0.2) is 66.0 Å². The van der Waals surface area contributed by atoms with Crippen molar-refractivity contribution in [3.63, 3.8) is 0 Å². The molecule has 0 saturated carbocycles. The van der Waals surface area contributed by atoms with E-state index in [0.29, 0.717) is 28.3 Å². The highest BCUT2D eigenvalue weighted by atomic mass is 19.1. The van der Waals surface area contributed by atoms with Crippen LogP contribution in [0.2, 0.25) is 0 Å². The van der Waals surface area contributed by atoms with Gasteiger partial charge < -0.3 is 20.6 Å². The van der Waals surface area contributed by atoms with Crippen molar-refractivity contribution >= 4 is 22.7 Å². The van der Waals surface area contributed by atoms with Gasteiger partial charge in [0.1, 0.15) is 17.4 Å². The predicted molar refractivity (Wildman–Crippen MR) is 124 cm³/mol. The number of pyridine rings is 1. The fraction of sp³-hybridized carbons (Fsp3) is 0.125. The molecule has 0 saturated heterocycles. The zero-order valence-electron chi connectivity index (χ0n) is 17.7. The van der Waals surface area contributed by atoms with Crippen molar-refractivity contribution in [2.45, 2.75) is 6.04 Å².